The molecule has 0 fully saturated rings. The molecule has 1 amide bonds. The number of ether oxygens (including phenoxy) is 1. The lowest BCUT2D eigenvalue weighted by Gasteiger charge is -2.41. The van der Waals surface area contributed by atoms with Gasteiger partial charge in [-0.25, -0.2) is 4.79 Å². The van der Waals surface area contributed by atoms with Gasteiger partial charge in [0.25, 0.3) is 5.91 Å². The third kappa shape index (κ3) is 4.52. The van der Waals surface area contributed by atoms with Crippen molar-refractivity contribution in [1.29, 1.82) is 0 Å². The number of amides is 1. The van der Waals surface area contributed by atoms with Gasteiger partial charge in [0.15, 0.2) is 0 Å². The molecule has 0 aliphatic carbocycles. The molecule has 3 aromatic rings. The molecule has 1 aliphatic heterocycles. The van der Waals surface area contributed by atoms with Crippen molar-refractivity contribution in [3.8, 4) is 0 Å². The average molecular weight is 429 g/mol. The van der Waals surface area contributed by atoms with Gasteiger partial charge in [0, 0.05) is 16.9 Å². The zero-order chi connectivity index (χ0) is 22.7. The number of carbonyl (C=O) groups is 2. The van der Waals surface area contributed by atoms with E-state index in [-0.39, 0.29) is 23.3 Å². The van der Waals surface area contributed by atoms with E-state index in [0.29, 0.717) is 17.7 Å². The standard InChI is InChI=1S/C27H28N2O3/c1-4-32-26(31)20-13-14-23-21(15-20)17-27(2,3)24(29-23)19-11-8-12-22(16-19)28-25(30)18-9-6-5-7-10-18/h5-16,24,29H,4,17H2,1-3H3,(H,28,30). The van der Waals surface area contributed by atoms with Gasteiger partial charge >= 0.3 is 5.97 Å². The molecule has 0 radical (unpaired) electrons. The van der Waals surface area contributed by atoms with Crippen LogP contribution in [0.25, 0.3) is 0 Å². The van der Waals surface area contributed by atoms with Gasteiger partial charge in [0.1, 0.15) is 0 Å². The first-order valence-electron chi connectivity index (χ1n) is 10.9. The largest absolute Gasteiger partial charge is 0.462 e. The number of nitrogens with one attached hydrogen (secondary N) is 2. The second-order valence-corrected chi connectivity index (χ2v) is 8.78. The molecule has 0 saturated heterocycles. The molecule has 0 spiro atoms. The molecule has 5 heteroatoms. The van der Waals surface area contributed by atoms with Crippen LogP contribution in [0.2, 0.25) is 0 Å². The van der Waals surface area contributed by atoms with E-state index in [4.69, 9.17) is 4.74 Å². The van der Waals surface area contributed by atoms with Crippen molar-refractivity contribution < 1.29 is 14.3 Å². The van der Waals surface area contributed by atoms with E-state index in [1.54, 1.807) is 18.2 Å². The first-order valence-corrected chi connectivity index (χ1v) is 10.9. The van der Waals surface area contributed by atoms with Crippen LogP contribution in [0.3, 0.4) is 0 Å². The molecule has 1 aliphatic rings. The molecule has 164 valence electrons. The number of hydrogen-bond donors (Lipinski definition) is 2. The van der Waals surface area contributed by atoms with Crippen LogP contribution in [-0.4, -0.2) is 18.5 Å². The smallest absolute Gasteiger partial charge is 0.338 e. The molecular weight excluding hydrogens is 400 g/mol. The van der Waals surface area contributed by atoms with Crippen molar-refractivity contribution in [3.63, 3.8) is 0 Å². The summed E-state index contributed by atoms with van der Waals surface area (Å²) in [6.45, 7) is 6.58. The van der Waals surface area contributed by atoms with Crippen molar-refractivity contribution >= 4 is 23.3 Å². The van der Waals surface area contributed by atoms with E-state index < -0.39 is 0 Å². The molecule has 1 atom stereocenters. The van der Waals surface area contributed by atoms with Crippen molar-refractivity contribution in [2.45, 2.75) is 33.2 Å². The number of esters is 1. The predicted octanol–water partition coefficient (Wildman–Crippen LogP) is 5.85. The molecule has 1 heterocycles. The van der Waals surface area contributed by atoms with E-state index in [2.05, 4.69) is 30.5 Å². The van der Waals surface area contributed by atoms with Crippen LogP contribution in [0.1, 0.15) is 58.7 Å². The van der Waals surface area contributed by atoms with Crippen molar-refractivity contribution in [2.75, 3.05) is 17.2 Å². The fourth-order valence-electron chi connectivity index (χ4n) is 4.29. The molecule has 5 nitrogen and oxygen atoms in total. The minimum atomic E-state index is -0.294. The summed E-state index contributed by atoms with van der Waals surface area (Å²) in [7, 11) is 0. The van der Waals surface area contributed by atoms with E-state index >= 15 is 0 Å². The Hall–Kier alpha value is -3.60. The Balaban J connectivity index is 1.57. The maximum absolute atomic E-state index is 12.6. The highest BCUT2D eigenvalue weighted by Gasteiger charge is 2.36. The monoisotopic (exact) mass is 428 g/mol. The van der Waals surface area contributed by atoms with Gasteiger partial charge in [-0.1, -0.05) is 44.2 Å². The number of hydrogen-bond acceptors (Lipinski definition) is 4. The molecule has 2 N–H and O–H groups in total. The van der Waals surface area contributed by atoms with Gasteiger partial charge in [-0.2, -0.15) is 0 Å². The van der Waals surface area contributed by atoms with E-state index in [1.807, 2.05) is 55.5 Å². The second-order valence-electron chi connectivity index (χ2n) is 8.78. The molecule has 0 saturated carbocycles. The van der Waals surface area contributed by atoms with Gasteiger partial charge < -0.3 is 15.4 Å². The topological polar surface area (TPSA) is 67.4 Å². The number of fused-ring (bicyclic) bond motifs is 1. The Labute approximate surface area is 188 Å². The first kappa shape index (κ1) is 21.6. The lowest BCUT2D eigenvalue weighted by atomic mass is 9.72. The summed E-state index contributed by atoms with van der Waals surface area (Å²) in [4.78, 5) is 24.7. The van der Waals surface area contributed by atoms with Gasteiger partial charge in [-0.3, -0.25) is 4.79 Å². The van der Waals surface area contributed by atoms with Crippen molar-refractivity contribution in [2.24, 2.45) is 5.41 Å². The number of rotatable bonds is 5. The van der Waals surface area contributed by atoms with Gasteiger partial charge in [0.2, 0.25) is 0 Å². The van der Waals surface area contributed by atoms with Crippen LogP contribution >= 0.6 is 0 Å². The van der Waals surface area contributed by atoms with Crippen LogP contribution in [0, 0.1) is 5.41 Å². The lowest BCUT2D eigenvalue weighted by Crippen LogP contribution is -2.35. The minimum absolute atomic E-state index is 0.0528. The summed E-state index contributed by atoms with van der Waals surface area (Å²) in [5, 5.41) is 6.65. The molecule has 0 bridgehead atoms. The molecule has 32 heavy (non-hydrogen) atoms. The summed E-state index contributed by atoms with van der Waals surface area (Å²) in [5.41, 5.74) is 5.07. The third-order valence-corrected chi connectivity index (χ3v) is 5.86. The van der Waals surface area contributed by atoms with Gasteiger partial charge in [-0.15, -0.1) is 0 Å². The number of carbonyl (C=O) groups excluding carboxylic acids is 2. The number of benzene rings is 3. The van der Waals surface area contributed by atoms with Crippen LogP contribution in [-0.2, 0) is 11.2 Å². The highest BCUT2D eigenvalue weighted by Crippen LogP contribution is 2.45. The maximum Gasteiger partial charge on any atom is 0.338 e. The second kappa shape index (κ2) is 8.87. The van der Waals surface area contributed by atoms with Crippen molar-refractivity contribution in [1.82, 2.24) is 0 Å². The molecule has 3 aromatic carbocycles. The highest BCUT2D eigenvalue weighted by atomic mass is 16.5. The van der Waals surface area contributed by atoms with Crippen molar-refractivity contribution in [3.05, 3.63) is 95.1 Å². The summed E-state index contributed by atoms with van der Waals surface area (Å²) in [5.74, 6) is -0.424. The quantitative estimate of drug-likeness (QED) is 0.500. The van der Waals surface area contributed by atoms with Crippen LogP contribution in [0.15, 0.2) is 72.8 Å². The maximum atomic E-state index is 12.6. The predicted molar refractivity (Wildman–Crippen MR) is 127 cm³/mol. The van der Waals surface area contributed by atoms with Crippen LogP contribution in [0.4, 0.5) is 11.4 Å². The summed E-state index contributed by atoms with van der Waals surface area (Å²) < 4.78 is 5.14. The van der Waals surface area contributed by atoms with E-state index in [0.717, 1.165) is 28.9 Å². The summed E-state index contributed by atoms with van der Waals surface area (Å²) in [6.07, 6.45) is 0.813. The summed E-state index contributed by atoms with van der Waals surface area (Å²) in [6, 6.07) is 22.9. The van der Waals surface area contributed by atoms with E-state index in [1.165, 1.54) is 0 Å². The Morgan fingerprint density at radius 1 is 1.00 bits per heavy atom. The Morgan fingerprint density at radius 3 is 2.53 bits per heavy atom. The zero-order valence-corrected chi connectivity index (χ0v) is 18.6. The summed E-state index contributed by atoms with van der Waals surface area (Å²) >= 11 is 0. The van der Waals surface area contributed by atoms with Crippen LogP contribution in [0.5, 0.6) is 0 Å². The zero-order valence-electron chi connectivity index (χ0n) is 18.6. The molecule has 1 unspecified atom stereocenters. The molecular formula is C27H28N2O3. The fourth-order valence-corrected chi connectivity index (χ4v) is 4.29. The van der Waals surface area contributed by atoms with Gasteiger partial charge in [-0.05, 0) is 72.4 Å². The minimum Gasteiger partial charge on any atom is -0.462 e. The SMILES string of the molecule is CCOC(=O)c1ccc2c(c1)CC(C)(C)C(c1cccc(NC(=O)c3ccccc3)c1)N2. The number of anilines is 2. The average Bonchev–Trinajstić information content (AvgIpc) is 2.78. The molecule has 4 rings (SSSR count). The van der Waals surface area contributed by atoms with Gasteiger partial charge in [0.05, 0.1) is 18.2 Å². The van der Waals surface area contributed by atoms with Crippen LogP contribution < -0.4 is 10.6 Å². The first-order chi connectivity index (χ1) is 15.4. The lowest BCUT2D eigenvalue weighted by molar-refractivity contribution is 0.0526. The Bertz CT molecular complexity index is 1140. The fraction of sp³-hybridized carbons (Fsp3) is 0.259. The highest BCUT2D eigenvalue weighted by molar-refractivity contribution is 6.04. The third-order valence-electron chi connectivity index (χ3n) is 5.86. The normalized spacial score (nSPS) is 16.4. The Morgan fingerprint density at radius 2 is 1.78 bits per heavy atom. The van der Waals surface area contributed by atoms with E-state index in [9.17, 15) is 9.59 Å². The molecule has 0 aromatic heterocycles. The Kier molecular flexibility index (Phi) is 5.99.